The minimum atomic E-state index is -0.376. The zero-order valence-electron chi connectivity index (χ0n) is 13.7. The predicted octanol–water partition coefficient (Wildman–Crippen LogP) is 3.92. The quantitative estimate of drug-likeness (QED) is 0.740. The molecule has 1 heterocycles. The fourth-order valence-electron chi connectivity index (χ4n) is 3.72. The van der Waals surface area contributed by atoms with Crippen molar-refractivity contribution in [2.45, 2.75) is 19.3 Å². The van der Waals surface area contributed by atoms with Crippen LogP contribution in [0.1, 0.15) is 46.6 Å². The fraction of sp³-hybridized carbons (Fsp3) is 0.200. The van der Waals surface area contributed by atoms with Crippen molar-refractivity contribution in [1.29, 1.82) is 5.26 Å². The minimum absolute atomic E-state index is 0.0170. The number of aromatic nitrogens is 1. The van der Waals surface area contributed by atoms with Gasteiger partial charge in [0.25, 0.3) is 0 Å². The number of ketones is 1. The first-order chi connectivity index (χ1) is 11.5. The molecule has 0 atom stereocenters. The number of aromatic amines is 1. The van der Waals surface area contributed by atoms with Gasteiger partial charge in [-0.05, 0) is 47.5 Å². The molecule has 0 saturated carbocycles. The number of H-pyrrole nitrogens is 1. The number of fused-ring (bicyclic) bond motifs is 4. The summed E-state index contributed by atoms with van der Waals surface area (Å²) in [5.74, 6) is 0.715. The maximum atomic E-state index is 13.0. The molecule has 1 aliphatic rings. The van der Waals surface area contributed by atoms with Gasteiger partial charge in [-0.2, -0.15) is 5.26 Å². The van der Waals surface area contributed by atoms with Crippen molar-refractivity contribution in [2.24, 2.45) is 0 Å². The van der Waals surface area contributed by atoms with Crippen LogP contribution >= 0.6 is 0 Å². The van der Waals surface area contributed by atoms with E-state index in [1.54, 1.807) is 13.2 Å². The summed E-state index contributed by atoms with van der Waals surface area (Å²) >= 11 is 0. The van der Waals surface area contributed by atoms with Crippen LogP contribution in [0.25, 0.3) is 10.9 Å². The number of methoxy groups -OCH3 is 1. The third-order valence-corrected chi connectivity index (χ3v) is 4.92. The van der Waals surface area contributed by atoms with E-state index in [1.165, 1.54) is 0 Å². The highest BCUT2D eigenvalue weighted by Crippen LogP contribution is 2.45. The summed E-state index contributed by atoms with van der Waals surface area (Å²) < 4.78 is 5.34. The molecule has 0 unspecified atom stereocenters. The first-order valence-corrected chi connectivity index (χ1v) is 7.77. The smallest absolute Gasteiger partial charge is 0.209 e. The molecular weight excluding hydrogens is 300 g/mol. The van der Waals surface area contributed by atoms with Gasteiger partial charge >= 0.3 is 0 Å². The molecule has 0 saturated heterocycles. The normalized spacial score (nSPS) is 14.8. The van der Waals surface area contributed by atoms with Gasteiger partial charge in [-0.15, -0.1) is 0 Å². The molecule has 0 bridgehead atoms. The van der Waals surface area contributed by atoms with E-state index in [4.69, 9.17) is 4.74 Å². The van der Waals surface area contributed by atoms with Gasteiger partial charge in [0.2, 0.25) is 5.78 Å². The van der Waals surface area contributed by atoms with E-state index in [0.717, 1.165) is 27.8 Å². The van der Waals surface area contributed by atoms with Gasteiger partial charge in [0.15, 0.2) is 0 Å². The average molecular weight is 316 g/mol. The van der Waals surface area contributed by atoms with Crippen LogP contribution in [-0.4, -0.2) is 17.9 Å². The third-order valence-electron chi connectivity index (χ3n) is 4.92. The monoisotopic (exact) mass is 316 g/mol. The number of ether oxygens (including phenoxy) is 1. The topological polar surface area (TPSA) is 65.9 Å². The van der Waals surface area contributed by atoms with Crippen LogP contribution in [-0.2, 0) is 5.41 Å². The molecule has 0 fully saturated rings. The van der Waals surface area contributed by atoms with Crippen LogP contribution in [0.4, 0.5) is 0 Å². The summed E-state index contributed by atoms with van der Waals surface area (Å²) in [4.78, 5) is 16.2. The molecule has 0 amide bonds. The van der Waals surface area contributed by atoms with Gasteiger partial charge in [-0.25, -0.2) is 0 Å². The summed E-state index contributed by atoms with van der Waals surface area (Å²) in [5, 5.41) is 10.1. The summed E-state index contributed by atoms with van der Waals surface area (Å²) in [6, 6.07) is 13.2. The molecule has 118 valence electrons. The Hall–Kier alpha value is -3.06. The second kappa shape index (κ2) is 4.72. The highest BCUT2D eigenvalue weighted by molar-refractivity contribution is 6.15. The number of rotatable bonds is 1. The molecule has 1 N–H and O–H groups in total. The van der Waals surface area contributed by atoms with Crippen LogP contribution < -0.4 is 4.74 Å². The van der Waals surface area contributed by atoms with Gasteiger partial charge in [0.05, 0.1) is 24.4 Å². The van der Waals surface area contributed by atoms with Crippen molar-refractivity contribution < 1.29 is 9.53 Å². The lowest BCUT2D eigenvalue weighted by atomic mass is 9.69. The number of benzene rings is 2. The Bertz CT molecular complexity index is 1050. The van der Waals surface area contributed by atoms with E-state index >= 15 is 0 Å². The fourth-order valence-corrected chi connectivity index (χ4v) is 3.72. The van der Waals surface area contributed by atoms with Gasteiger partial charge in [-0.1, -0.05) is 13.8 Å². The van der Waals surface area contributed by atoms with Gasteiger partial charge < -0.3 is 9.72 Å². The highest BCUT2D eigenvalue weighted by Gasteiger charge is 2.39. The molecular formula is C20H16N2O2. The zero-order valence-corrected chi connectivity index (χ0v) is 13.7. The number of hydrogen-bond acceptors (Lipinski definition) is 3. The molecule has 0 spiro atoms. The molecule has 1 aromatic heterocycles. The van der Waals surface area contributed by atoms with Crippen molar-refractivity contribution in [3.63, 3.8) is 0 Å². The highest BCUT2D eigenvalue weighted by atomic mass is 16.5. The van der Waals surface area contributed by atoms with Crippen LogP contribution in [0.5, 0.6) is 5.75 Å². The van der Waals surface area contributed by atoms with Crippen molar-refractivity contribution in [1.82, 2.24) is 4.98 Å². The second-order valence-electron chi connectivity index (χ2n) is 6.61. The molecule has 3 aromatic rings. The lowest BCUT2D eigenvalue weighted by Crippen LogP contribution is -2.30. The maximum Gasteiger partial charge on any atom is 0.209 e. The molecule has 0 aliphatic heterocycles. The van der Waals surface area contributed by atoms with E-state index in [-0.39, 0.29) is 11.2 Å². The van der Waals surface area contributed by atoms with Gasteiger partial charge in [0, 0.05) is 21.9 Å². The van der Waals surface area contributed by atoms with Gasteiger partial charge in [-0.3, -0.25) is 4.79 Å². The number of nitrogens with zero attached hydrogens (tertiary/aromatic N) is 1. The molecule has 4 heteroatoms. The summed E-state index contributed by atoms with van der Waals surface area (Å²) in [7, 11) is 1.62. The van der Waals surface area contributed by atoms with E-state index in [0.29, 0.717) is 16.8 Å². The number of nitriles is 1. The van der Waals surface area contributed by atoms with Crippen LogP contribution in [0, 0.1) is 11.3 Å². The molecule has 1 aliphatic carbocycles. The molecule has 0 radical (unpaired) electrons. The Kier molecular flexibility index (Phi) is 2.86. The van der Waals surface area contributed by atoms with Crippen molar-refractivity contribution in [3.8, 4) is 11.8 Å². The van der Waals surface area contributed by atoms with Gasteiger partial charge in [0.1, 0.15) is 5.75 Å². The Morgan fingerprint density at radius 1 is 1.17 bits per heavy atom. The molecule has 4 nitrogen and oxygen atoms in total. The molecule has 4 rings (SSSR count). The number of carbonyl (C=O) groups excluding carboxylic acids is 1. The third kappa shape index (κ3) is 1.75. The minimum Gasteiger partial charge on any atom is -0.497 e. The summed E-state index contributed by atoms with van der Waals surface area (Å²) in [6.45, 7) is 4.20. The SMILES string of the molecule is COc1ccc2c(c1)C(C)(C)c1c([nH]c3ccc(C#N)cc13)C2=O. The van der Waals surface area contributed by atoms with E-state index in [9.17, 15) is 10.1 Å². The van der Waals surface area contributed by atoms with E-state index in [2.05, 4.69) is 24.9 Å². The zero-order chi connectivity index (χ0) is 17.1. The van der Waals surface area contributed by atoms with E-state index < -0.39 is 0 Å². The second-order valence-corrected chi connectivity index (χ2v) is 6.61. The standard InChI is InChI=1S/C20H16N2O2/c1-20(2)15-9-12(24-3)5-6-13(15)19(23)18-17(20)14-8-11(10-21)4-7-16(14)22-18/h4-9,22H,1-3H3. The summed E-state index contributed by atoms with van der Waals surface area (Å²) in [5.41, 5.74) is 4.29. The maximum absolute atomic E-state index is 13.0. The number of nitrogens with one attached hydrogen (secondary N) is 1. The van der Waals surface area contributed by atoms with Crippen molar-refractivity contribution >= 4 is 16.7 Å². The first-order valence-electron chi connectivity index (χ1n) is 7.77. The lowest BCUT2D eigenvalue weighted by Gasteiger charge is -2.32. The number of carbonyl (C=O) groups is 1. The first kappa shape index (κ1) is 14.5. The molecule has 24 heavy (non-hydrogen) atoms. The lowest BCUT2D eigenvalue weighted by molar-refractivity contribution is 0.102. The Morgan fingerprint density at radius 2 is 1.96 bits per heavy atom. The largest absolute Gasteiger partial charge is 0.497 e. The van der Waals surface area contributed by atoms with Crippen molar-refractivity contribution in [2.75, 3.05) is 7.11 Å². The van der Waals surface area contributed by atoms with E-state index in [1.807, 2.05) is 30.3 Å². The van der Waals surface area contributed by atoms with Crippen LogP contribution in [0.3, 0.4) is 0 Å². The van der Waals surface area contributed by atoms with Crippen LogP contribution in [0.2, 0.25) is 0 Å². The predicted molar refractivity (Wildman–Crippen MR) is 91.6 cm³/mol. The Morgan fingerprint density at radius 3 is 2.67 bits per heavy atom. The average Bonchev–Trinajstić information content (AvgIpc) is 2.99. The van der Waals surface area contributed by atoms with Crippen LogP contribution in [0.15, 0.2) is 36.4 Å². The molecule has 2 aromatic carbocycles. The Labute approximate surface area is 139 Å². The Balaban J connectivity index is 2.09. The number of hydrogen-bond donors (Lipinski definition) is 1. The van der Waals surface area contributed by atoms with Crippen molar-refractivity contribution in [3.05, 3.63) is 64.3 Å². The summed E-state index contributed by atoms with van der Waals surface area (Å²) in [6.07, 6.45) is 0.